The van der Waals surface area contributed by atoms with Gasteiger partial charge in [0.1, 0.15) is 12.1 Å². The molecular weight excluding hydrogens is 319 g/mol. The molecule has 4 rings (SSSR count). The standard InChI is InChI=1S/C19H23FN4O/c20-16-5-3-4-15(10-16)11-18(25)24-9-2-1-6-17(24)19-22-21-13-23(19)12-14-7-8-14/h3-5,10,13-14,17H,1-2,6-9,11-12H2/t17-/m1/s1. The topological polar surface area (TPSA) is 51.0 Å². The molecule has 0 bridgehead atoms. The lowest BCUT2D eigenvalue weighted by Crippen LogP contribution is -2.40. The fourth-order valence-corrected chi connectivity index (χ4v) is 3.66. The Morgan fingerprint density at radius 2 is 2.12 bits per heavy atom. The van der Waals surface area contributed by atoms with E-state index in [1.807, 2.05) is 4.90 Å². The van der Waals surface area contributed by atoms with Crippen molar-refractivity contribution in [1.29, 1.82) is 0 Å². The molecule has 0 spiro atoms. The lowest BCUT2D eigenvalue weighted by Gasteiger charge is -2.35. The Morgan fingerprint density at radius 1 is 1.24 bits per heavy atom. The Balaban J connectivity index is 1.52. The monoisotopic (exact) mass is 342 g/mol. The summed E-state index contributed by atoms with van der Waals surface area (Å²) in [6, 6.07) is 6.27. The predicted octanol–water partition coefficient (Wildman–Crippen LogP) is 3.12. The van der Waals surface area contributed by atoms with Gasteiger partial charge >= 0.3 is 0 Å². The van der Waals surface area contributed by atoms with Crippen molar-refractivity contribution in [1.82, 2.24) is 19.7 Å². The normalized spacial score (nSPS) is 20.7. The van der Waals surface area contributed by atoms with E-state index in [2.05, 4.69) is 14.8 Å². The number of hydrogen-bond acceptors (Lipinski definition) is 3. The molecule has 2 heterocycles. The van der Waals surface area contributed by atoms with Gasteiger partial charge in [-0.15, -0.1) is 10.2 Å². The summed E-state index contributed by atoms with van der Waals surface area (Å²) in [6.07, 6.45) is 7.56. The molecule has 2 aromatic rings. The molecule has 1 aromatic carbocycles. The van der Waals surface area contributed by atoms with Crippen LogP contribution in [0.15, 0.2) is 30.6 Å². The lowest BCUT2D eigenvalue weighted by atomic mass is 10.00. The van der Waals surface area contributed by atoms with Gasteiger partial charge in [-0.2, -0.15) is 0 Å². The minimum absolute atomic E-state index is 0.0175. The fourth-order valence-electron chi connectivity index (χ4n) is 3.66. The molecule has 25 heavy (non-hydrogen) atoms. The van der Waals surface area contributed by atoms with Gasteiger partial charge in [0.05, 0.1) is 12.5 Å². The highest BCUT2D eigenvalue weighted by atomic mass is 19.1. The van der Waals surface area contributed by atoms with E-state index in [0.717, 1.165) is 44.1 Å². The number of halogens is 1. The van der Waals surface area contributed by atoms with Crippen LogP contribution in [0.2, 0.25) is 0 Å². The third-order valence-electron chi connectivity index (χ3n) is 5.16. The molecule has 1 saturated heterocycles. The number of amides is 1. The van der Waals surface area contributed by atoms with Crippen molar-refractivity contribution in [3.05, 3.63) is 47.8 Å². The molecule has 1 aliphatic heterocycles. The van der Waals surface area contributed by atoms with Crippen LogP contribution < -0.4 is 0 Å². The molecule has 6 heteroatoms. The van der Waals surface area contributed by atoms with Gasteiger partial charge in [0.2, 0.25) is 5.91 Å². The number of likely N-dealkylation sites (tertiary alicyclic amines) is 1. The second-order valence-electron chi connectivity index (χ2n) is 7.19. The van der Waals surface area contributed by atoms with Gasteiger partial charge in [-0.05, 0) is 55.7 Å². The predicted molar refractivity (Wildman–Crippen MR) is 91.2 cm³/mol. The summed E-state index contributed by atoms with van der Waals surface area (Å²) in [5.41, 5.74) is 0.716. The average molecular weight is 342 g/mol. The van der Waals surface area contributed by atoms with Crippen LogP contribution in [0.3, 0.4) is 0 Å². The van der Waals surface area contributed by atoms with Gasteiger partial charge < -0.3 is 9.47 Å². The fraction of sp³-hybridized carbons (Fsp3) is 0.526. The van der Waals surface area contributed by atoms with Gasteiger partial charge in [-0.1, -0.05) is 12.1 Å². The largest absolute Gasteiger partial charge is 0.332 e. The van der Waals surface area contributed by atoms with Gasteiger partial charge in [0.25, 0.3) is 0 Å². The Labute approximate surface area is 146 Å². The molecule has 1 aromatic heterocycles. The zero-order chi connectivity index (χ0) is 17.2. The Bertz CT molecular complexity index is 755. The van der Waals surface area contributed by atoms with Crippen LogP contribution in [0.1, 0.15) is 49.5 Å². The maximum atomic E-state index is 13.4. The van der Waals surface area contributed by atoms with E-state index in [9.17, 15) is 9.18 Å². The van der Waals surface area contributed by atoms with Crippen LogP contribution in [0, 0.1) is 11.7 Å². The smallest absolute Gasteiger partial charge is 0.227 e. The molecule has 2 fully saturated rings. The molecule has 1 aliphatic carbocycles. The number of aromatic nitrogens is 3. The first-order chi connectivity index (χ1) is 12.2. The van der Waals surface area contributed by atoms with Crippen molar-refractivity contribution in [3.63, 3.8) is 0 Å². The van der Waals surface area contributed by atoms with Gasteiger partial charge in [-0.3, -0.25) is 4.79 Å². The molecule has 132 valence electrons. The summed E-state index contributed by atoms with van der Waals surface area (Å²) in [5.74, 6) is 1.37. The van der Waals surface area contributed by atoms with Gasteiger partial charge in [0, 0.05) is 13.1 Å². The number of rotatable bonds is 5. The zero-order valence-electron chi connectivity index (χ0n) is 14.3. The van der Waals surface area contributed by atoms with E-state index in [0.29, 0.717) is 5.56 Å². The minimum atomic E-state index is -0.301. The van der Waals surface area contributed by atoms with Crippen LogP contribution in [-0.4, -0.2) is 32.1 Å². The summed E-state index contributed by atoms with van der Waals surface area (Å²) in [6.45, 7) is 1.68. The molecule has 0 N–H and O–H groups in total. The first-order valence-corrected chi connectivity index (χ1v) is 9.12. The van der Waals surface area contributed by atoms with Crippen LogP contribution >= 0.6 is 0 Å². The number of benzene rings is 1. The van der Waals surface area contributed by atoms with Gasteiger partial charge in [0.15, 0.2) is 5.82 Å². The summed E-state index contributed by atoms with van der Waals surface area (Å²) >= 11 is 0. The van der Waals surface area contributed by atoms with Crippen molar-refractivity contribution in [2.24, 2.45) is 5.92 Å². The Hall–Kier alpha value is -2.24. The van der Waals surface area contributed by atoms with Crippen molar-refractivity contribution >= 4 is 5.91 Å². The van der Waals surface area contributed by atoms with Crippen LogP contribution in [-0.2, 0) is 17.8 Å². The van der Waals surface area contributed by atoms with Crippen LogP contribution in [0.25, 0.3) is 0 Å². The van der Waals surface area contributed by atoms with Gasteiger partial charge in [-0.25, -0.2) is 4.39 Å². The van der Waals surface area contributed by atoms with Crippen molar-refractivity contribution in [2.75, 3.05) is 6.54 Å². The van der Waals surface area contributed by atoms with E-state index in [1.54, 1.807) is 18.5 Å². The van der Waals surface area contributed by atoms with E-state index < -0.39 is 0 Å². The van der Waals surface area contributed by atoms with Crippen LogP contribution in [0.4, 0.5) is 4.39 Å². The molecule has 1 amide bonds. The average Bonchev–Trinajstić information content (AvgIpc) is 3.30. The third-order valence-corrected chi connectivity index (χ3v) is 5.16. The Morgan fingerprint density at radius 3 is 2.92 bits per heavy atom. The number of carbonyl (C=O) groups is 1. The van der Waals surface area contributed by atoms with E-state index in [4.69, 9.17) is 0 Å². The van der Waals surface area contributed by atoms with E-state index in [-0.39, 0.29) is 24.2 Å². The van der Waals surface area contributed by atoms with Crippen LogP contribution in [0.5, 0.6) is 0 Å². The lowest BCUT2D eigenvalue weighted by molar-refractivity contribution is -0.134. The second-order valence-corrected chi connectivity index (χ2v) is 7.19. The number of hydrogen-bond donors (Lipinski definition) is 0. The number of piperidine rings is 1. The quantitative estimate of drug-likeness (QED) is 0.839. The first kappa shape index (κ1) is 16.2. The number of nitrogens with zero attached hydrogens (tertiary/aromatic N) is 4. The highest BCUT2D eigenvalue weighted by molar-refractivity contribution is 5.79. The molecule has 0 unspecified atom stereocenters. The van der Waals surface area contributed by atoms with E-state index >= 15 is 0 Å². The summed E-state index contributed by atoms with van der Waals surface area (Å²) < 4.78 is 15.5. The first-order valence-electron chi connectivity index (χ1n) is 9.12. The summed E-state index contributed by atoms with van der Waals surface area (Å²) in [4.78, 5) is 14.8. The zero-order valence-corrected chi connectivity index (χ0v) is 14.3. The maximum Gasteiger partial charge on any atom is 0.227 e. The highest BCUT2D eigenvalue weighted by Gasteiger charge is 2.32. The van der Waals surface area contributed by atoms with E-state index in [1.165, 1.54) is 25.0 Å². The molecular formula is C19H23FN4O. The second kappa shape index (κ2) is 6.94. The Kier molecular flexibility index (Phi) is 4.51. The molecule has 1 saturated carbocycles. The third kappa shape index (κ3) is 3.72. The van der Waals surface area contributed by atoms with Crippen molar-refractivity contribution < 1.29 is 9.18 Å². The minimum Gasteiger partial charge on any atom is -0.332 e. The highest BCUT2D eigenvalue weighted by Crippen LogP contribution is 2.34. The van der Waals surface area contributed by atoms with Crippen molar-refractivity contribution in [2.45, 2.75) is 51.1 Å². The molecule has 5 nitrogen and oxygen atoms in total. The summed E-state index contributed by atoms with van der Waals surface area (Å²) in [7, 11) is 0. The maximum absolute atomic E-state index is 13.4. The molecule has 2 aliphatic rings. The molecule has 1 atom stereocenters. The number of carbonyl (C=O) groups excluding carboxylic acids is 1. The molecule has 0 radical (unpaired) electrons. The summed E-state index contributed by atoms with van der Waals surface area (Å²) in [5, 5.41) is 8.43. The van der Waals surface area contributed by atoms with Crippen molar-refractivity contribution in [3.8, 4) is 0 Å². The SMILES string of the molecule is O=C(Cc1cccc(F)c1)N1CCCC[C@@H]1c1nncn1CC1CC1.